The second-order valence-electron chi connectivity index (χ2n) is 3.80. The first kappa shape index (κ1) is 13.6. The second-order valence-corrected chi connectivity index (χ2v) is 4.14. The van der Waals surface area contributed by atoms with Gasteiger partial charge in [0, 0.05) is 7.11 Å². The second kappa shape index (κ2) is 5.87. The maximum atomic E-state index is 12.4. The van der Waals surface area contributed by atoms with Crippen molar-refractivity contribution < 1.29 is 4.74 Å². The molecule has 0 aliphatic rings. The monoisotopic (exact) mass is 280 g/mol. The average molecular weight is 281 g/mol. The van der Waals surface area contributed by atoms with Crippen LogP contribution in [0.1, 0.15) is 6.92 Å². The van der Waals surface area contributed by atoms with Gasteiger partial charge < -0.3 is 9.30 Å². The summed E-state index contributed by atoms with van der Waals surface area (Å²) in [5.41, 5.74) is 0.507. The molecule has 0 bridgehead atoms. The Morgan fingerprint density at radius 1 is 1.53 bits per heavy atom. The zero-order valence-corrected chi connectivity index (χ0v) is 11.4. The zero-order valence-electron chi connectivity index (χ0n) is 10.7. The van der Waals surface area contributed by atoms with Crippen molar-refractivity contribution >= 4 is 22.8 Å². The molecule has 0 saturated heterocycles. The van der Waals surface area contributed by atoms with Crippen LogP contribution in [-0.2, 0) is 17.8 Å². The molecule has 0 atom stereocenters. The molecule has 0 saturated carbocycles. The summed E-state index contributed by atoms with van der Waals surface area (Å²) in [5.74, 6) is 5.66. The third kappa shape index (κ3) is 2.62. The van der Waals surface area contributed by atoms with Crippen molar-refractivity contribution in [2.75, 3.05) is 13.7 Å². The zero-order chi connectivity index (χ0) is 13.8. The molecule has 0 spiro atoms. The van der Waals surface area contributed by atoms with Crippen molar-refractivity contribution in [3.63, 3.8) is 0 Å². The molecule has 2 heterocycles. The van der Waals surface area contributed by atoms with Crippen molar-refractivity contribution in [2.24, 2.45) is 0 Å². The maximum absolute atomic E-state index is 12.4. The molecular weight excluding hydrogens is 268 g/mol. The first-order chi connectivity index (χ1) is 9.19. The van der Waals surface area contributed by atoms with E-state index in [1.54, 1.807) is 24.9 Å². The van der Waals surface area contributed by atoms with Gasteiger partial charge in [-0.2, -0.15) is 4.98 Å². The summed E-state index contributed by atoms with van der Waals surface area (Å²) in [6.45, 7) is 2.87. The minimum absolute atomic E-state index is 0.112. The van der Waals surface area contributed by atoms with Gasteiger partial charge in [-0.15, -0.1) is 5.92 Å². The van der Waals surface area contributed by atoms with E-state index in [0.717, 1.165) is 0 Å². The van der Waals surface area contributed by atoms with Gasteiger partial charge in [-0.05, 0) is 18.5 Å². The number of ether oxygens (including phenoxy) is 1. The van der Waals surface area contributed by atoms with E-state index in [4.69, 9.17) is 16.3 Å². The number of hydrogen-bond acceptors (Lipinski definition) is 4. The SMILES string of the molecule is CC#CCn1cnc2nc(Cl)n(CCOC)c(=O)c21. The number of halogens is 1. The predicted molar refractivity (Wildman–Crippen MR) is 72.1 cm³/mol. The number of nitrogens with zero attached hydrogens (tertiary/aromatic N) is 4. The van der Waals surface area contributed by atoms with Crippen LogP contribution < -0.4 is 5.56 Å². The topological polar surface area (TPSA) is 61.9 Å². The van der Waals surface area contributed by atoms with Crippen LogP contribution in [0.25, 0.3) is 11.2 Å². The standard InChI is InChI=1S/C12H13ClN4O2/c1-3-4-5-16-8-14-10-9(16)11(18)17(6-7-19-2)12(13)15-10/h8H,5-7H2,1-2H3. The molecule has 0 radical (unpaired) electrons. The van der Waals surface area contributed by atoms with E-state index >= 15 is 0 Å². The lowest BCUT2D eigenvalue weighted by molar-refractivity contribution is 0.186. The summed E-state index contributed by atoms with van der Waals surface area (Å²) in [6.07, 6.45) is 1.54. The minimum Gasteiger partial charge on any atom is -0.383 e. The molecule has 0 fully saturated rings. The smallest absolute Gasteiger partial charge is 0.280 e. The highest BCUT2D eigenvalue weighted by atomic mass is 35.5. The maximum Gasteiger partial charge on any atom is 0.280 e. The van der Waals surface area contributed by atoms with Crippen LogP contribution in [0.3, 0.4) is 0 Å². The molecule has 2 rings (SSSR count). The number of methoxy groups -OCH3 is 1. The Labute approximate surface area is 115 Å². The molecule has 100 valence electrons. The molecule has 2 aromatic rings. The number of aromatic nitrogens is 4. The first-order valence-corrected chi connectivity index (χ1v) is 6.06. The fraction of sp³-hybridized carbons (Fsp3) is 0.417. The van der Waals surface area contributed by atoms with Gasteiger partial charge in [0.1, 0.15) is 0 Å². The molecule has 0 aromatic carbocycles. The summed E-state index contributed by atoms with van der Waals surface area (Å²) in [5, 5.41) is 0.112. The van der Waals surface area contributed by atoms with Gasteiger partial charge in [0.25, 0.3) is 5.56 Å². The Hall–Kier alpha value is -1.84. The third-order valence-corrected chi connectivity index (χ3v) is 2.92. The summed E-state index contributed by atoms with van der Waals surface area (Å²) < 4.78 is 7.99. The summed E-state index contributed by atoms with van der Waals surface area (Å²) in [7, 11) is 1.56. The molecule has 0 aliphatic heterocycles. The molecule has 0 aliphatic carbocycles. The van der Waals surface area contributed by atoms with Crippen LogP contribution in [-0.4, -0.2) is 32.8 Å². The third-order valence-electron chi connectivity index (χ3n) is 2.63. The summed E-state index contributed by atoms with van der Waals surface area (Å²) in [4.78, 5) is 20.6. The highest BCUT2D eigenvalue weighted by Crippen LogP contribution is 2.10. The van der Waals surface area contributed by atoms with E-state index in [1.807, 2.05) is 0 Å². The van der Waals surface area contributed by atoms with Crippen LogP contribution in [0.5, 0.6) is 0 Å². The normalized spacial score (nSPS) is 10.5. The Morgan fingerprint density at radius 3 is 3.00 bits per heavy atom. The Bertz CT molecular complexity index is 708. The van der Waals surface area contributed by atoms with Crippen LogP contribution in [0, 0.1) is 11.8 Å². The van der Waals surface area contributed by atoms with Crippen molar-refractivity contribution in [3.8, 4) is 11.8 Å². The van der Waals surface area contributed by atoms with Crippen molar-refractivity contribution in [1.82, 2.24) is 19.1 Å². The molecule has 6 nitrogen and oxygen atoms in total. The van der Waals surface area contributed by atoms with E-state index in [1.165, 1.54) is 4.57 Å². The molecule has 19 heavy (non-hydrogen) atoms. The molecule has 0 amide bonds. The Morgan fingerprint density at radius 2 is 2.32 bits per heavy atom. The van der Waals surface area contributed by atoms with Gasteiger partial charge in [0.15, 0.2) is 11.2 Å². The van der Waals surface area contributed by atoms with E-state index < -0.39 is 0 Å². The Kier molecular flexibility index (Phi) is 4.20. The molecule has 0 N–H and O–H groups in total. The highest BCUT2D eigenvalue weighted by Gasteiger charge is 2.13. The predicted octanol–water partition coefficient (Wildman–Crippen LogP) is 0.916. The van der Waals surface area contributed by atoms with Crippen LogP contribution in [0.15, 0.2) is 11.1 Å². The fourth-order valence-electron chi connectivity index (χ4n) is 1.69. The van der Waals surface area contributed by atoms with Gasteiger partial charge >= 0.3 is 0 Å². The number of imidazole rings is 1. The molecular formula is C12H13ClN4O2. The minimum atomic E-state index is -0.234. The lowest BCUT2D eigenvalue weighted by atomic mass is 10.4. The van der Waals surface area contributed by atoms with Gasteiger partial charge in [-0.3, -0.25) is 9.36 Å². The van der Waals surface area contributed by atoms with E-state index in [0.29, 0.717) is 30.9 Å². The van der Waals surface area contributed by atoms with Gasteiger partial charge in [-0.25, -0.2) is 4.98 Å². The van der Waals surface area contributed by atoms with E-state index in [-0.39, 0.29) is 10.8 Å². The largest absolute Gasteiger partial charge is 0.383 e. The fourth-order valence-corrected chi connectivity index (χ4v) is 1.93. The lowest BCUT2D eigenvalue weighted by Crippen LogP contribution is -2.25. The van der Waals surface area contributed by atoms with Crippen molar-refractivity contribution in [1.29, 1.82) is 0 Å². The summed E-state index contributed by atoms with van der Waals surface area (Å²) >= 11 is 5.98. The average Bonchev–Trinajstić information content (AvgIpc) is 2.79. The summed E-state index contributed by atoms with van der Waals surface area (Å²) in [6, 6.07) is 0. The lowest BCUT2D eigenvalue weighted by Gasteiger charge is -2.07. The van der Waals surface area contributed by atoms with Crippen LogP contribution >= 0.6 is 11.6 Å². The van der Waals surface area contributed by atoms with E-state index in [2.05, 4.69) is 21.8 Å². The van der Waals surface area contributed by atoms with Crippen LogP contribution in [0.4, 0.5) is 0 Å². The van der Waals surface area contributed by atoms with Gasteiger partial charge in [0.2, 0.25) is 5.28 Å². The first-order valence-electron chi connectivity index (χ1n) is 5.68. The van der Waals surface area contributed by atoms with Crippen molar-refractivity contribution in [2.45, 2.75) is 20.0 Å². The molecule has 0 unspecified atom stereocenters. The van der Waals surface area contributed by atoms with Gasteiger partial charge in [-0.1, -0.05) is 5.92 Å². The number of hydrogen-bond donors (Lipinski definition) is 0. The highest BCUT2D eigenvalue weighted by molar-refractivity contribution is 6.28. The Balaban J connectivity index is 2.58. The van der Waals surface area contributed by atoms with E-state index in [9.17, 15) is 4.79 Å². The number of fused-ring (bicyclic) bond motifs is 1. The number of rotatable bonds is 4. The van der Waals surface area contributed by atoms with Crippen molar-refractivity contribution in [3.05, 3.63) is 22.0 Å². The quantitative estimate of drug-likeness (QED) is 0.617. The van der Waals surface area contributed by atoms with Crippen LogP contribution in [0.2, 0.25) is 5.28 Å². The molecule has 7 heteroatoms. The van der Waals surface area contributed by atoms with Gasteiger partial charge in [0.05, 0.1) is 26.0 Å². The molecule has 2 aromatic heterocycles.